The normalized spacial score (nSPS) is 18.2. The third-order valence-corrected chi connectivity index (χ3v) is 18.4. The number of rotatable bonds is 69. The molecule has 1 saturated heterocycles. The van der Waals surface area contributed by atoms with Gasteiger partial charge in [-0.05, 0) is 83.5 Å². The van der Waals surface area contributed by atoms with Gasteiger partial charge in [-0.2, -0.15) is 0 Å². The first-order valence-corrected chi connectivity index (χ1v) is 39.5. The summed E-state index contributed by atoms with van der Waals surface area (Å²) >= 11 is 0. The van der Waals surface area contributed by atoms with E-state index in [4.69, 9.17) is 9.47 Å². The number of aliphatic hydroxyl groups excluding tert-OH is 5. The predicted octanol–water partition coefficient (Wildman–Crippen LogP) is 22.6. The molecule has 1 amide bonds. The maximum Gasteiger partial charge on any atom is 0.220 e. The Hall–Kier alpha value is -2.89. The number of ether oxygens (including phenoxy) is 2. The van der Waals surface area contributed by atoms with Gasteiger partial charge in [-0.3, -0.25) is 4.79 Å². The molecule has 0 aromatic carbocycles. The molecule has 7 atom stereocenters. The Kier molecular flexibility index (Phi) is 67.1. The van der Waals surface area contributed by atoms with Gasteiger partial charge < -0.3 is 40.3 Å². The Morgan fingerprint density at radius 2 is 0.685 bits per heavy atom. The molecule has 1 heterocycles. The van der Waals surface area contributed by atoms with Crippen LogP contribution in [0.4, 0.5) is 0 Å². The van der Waals surface area contributed by atoms with Crippen LogP contribution in [0.25, 0.3) is 0 Å². The van der Waals surface area contributed by atoms with Crippen molar-refractivity contribution in [1.29, 1.82) is 0 Å². The van der Waals surface area contributed by atoms with E-state index in [-0.39, 0.29) is 12.5 Å². The van der Waals surface area contributed by atoms with E-state index >= 15 is 0 Å². The zero-order valence-corrected chi connectivity index (χ0v) is 60.0. The molecule has 1 fully saturated rings. The van der Waals surface area contributed by atoms with Crippen molar-refractivity contribution < 1.29 is 39.8 Å². The van der Waals surface area contributed by atoms with Crippen LogP contribution in [0.1, 0.15) is 367 Å². The van der Waals surface area contributed by atoms with Crippen molar-refractivity contribution in [3.05, 3.63) is 97.2 Å². The average molecular weight is 1290 g/mol. The van der Waals surface area contributed by atoms with Crippen molar-refractivity contribution in [2.24, 2.45) is 0 Å². The van der Waals surface area contributed by atoms with Crippen LogP contribution in [0.2, 0.25) is 0 Å². The Labute approximate surface area is 568 Å². The number of carbonyl (C=O) groups is 1. The SMILES string of the molecule is CC/C=C\C/C=C\C/C=C\C/C=C\C/C=C\C/C=C\CCCCCCCCCCCCCCCCCCCCC(=O)NC(COC1OC(CO)C(O)C(O)C1O)C(O)/C=C/CC/C=C/CCCCCCCCCCCCCCCCCCCCCCCCCCCC. The van der Waals surface area contributed by atoms with Crippen molar-refractivity contribution in [2.75, 3.05) is 13.2 Å². The molecule has 0 radical (unpaired) electrons. The summed E-state index contributed by atoms with van der Waals surface area (Å²) in [5, 5.41) is 54.9. The second-order valence-corrected chi connectivity index (χ2v) is 27.1. The Bertz CT molecular complexity index is 1780. The lowest BCUT2D eigenvalue weighted by Gasteiger charge is -2.40. The number of amides is 1. The van der Waals surface area contributed by atoms with Gasteiger partial charge in [0.15, 0.2) is 6.29 Å². The van der Waals surface area contributed by atoms with Crippen LogP contribution < -0.4 is 5.32 Å². The molecular weight excluding hydrogens is 1140 g/mol. The summed E-state index contributed by atoms with van der Waals surface area (Å²) in [5.41, 5.74) is 0. The van der Waals surface area contributed by atoms with Crippen LogP contribution in [0, 0.1) is 0 Å². The fourth-order valence-corrected chi connectivity index (χ4v) is 12.3. The Morgan fingerprint density at radius 1 is 0.380 bits per heavy atom. The molecule has 1 aliphatic rings. The second-order valence-electron chi connectivity index (χ2n) is 27.1. The molecule has 9 heteroatoms. The summed E-state index contributed by atoms with van der Waals surface area (Å²) in [4.78, 5) is 13.2. The fourth-order valence-electron chi connectivity index (χ4n) is 12.3. The van der Waals surface area contributed by atoms with Crippen molar-refractivity contribution in [2.45, 2.75) is 410 Å². The summed E-state index contributed by atoms with van der Waals surface area (Å²) in [5.74, 6) is -0.183. The topological polar surface area (TPSA) is 149 Å². The van der Waals surface area contributed by atoms with Gasteiger partial charge in [-0.25, -0.2) is 0 Å². The highest BCUT2D eigenvalue weighted by Gasteiger charge is 2.44. The van der Waals surface area contributed by atoms with Gasteiger partial charge in [0.1, 0.15) is 24.4 Å². The summed E-state index contributed by atoms with van der Waals surface area (Å²) < 4.78 is 11.3. The van der Waals surface area contributed by atoms with E-state index in [0.29, 0.717) is 6.42 Å². The molecule has 0 bridgehead atoms. The minimum absolute atomic E-state index is 0.183. The van der Waals surface area contributed by atoms with E-state index in [2.05, 4.69) is 104 Å². The molecule has 0 spiro atoms. The summed E-state index contributed by atoms with van der Waals surface area (Å²) in [6, 6.07) is -0.828. The van der Waals surface area contributed by atoms with Crippen molar-refractivity contribution in [3.8, 4) is 0 Å². The molecule has 0 aliphatic carbocycles. The number of nitrogens with one attached hydrogen (secondary N) is 1. The first-order chi connectivity index (χ1) is 45.3. The number of carbonyl (C=O) groups excluding carboxylic acids is 1. The molecule has 1 aliphatic heterocycles. The standard InChI is InChI=1S/C83H149NO8/c1-3-5-7-9-11-13-15-17-19-21-23-25-27-29-31-33-35-37-38-39-40-41-43-45-47-49-51-53-55-57-59-61-63-65-67-69-71-73-79(87)84-76(75-91-83-82(90)81(89)80(88)78(74-85)92-83)77(86)72-70-68-66-64-62-60-58-56-54-52-50-48-46-44-42-36-34-32-30-28-26-24-22-20-18-16-14-12-10-8-6-4-2/h5,7,11,13,17,19,23,25,29,31,35,37,62,64,70,72,76-78,80-83,85-86,88-90H,3-4,6,8-10,12,14-16,18,20-22,24,26-28,30,32-34,36,38-61,63,65-69,71,73-75H2,1-2H3,(H,84,87)/b7-5-,13-11-,19-17-,25-23-,31-29-,37-35-,64-62+,72-70+. The number of unbranched alkanes of at least 4 members (excludes halogenated alkanes) is 45. The van der Waals surface area contributed by atoms with Crippen LogP contribution in [0.15, 0.2) is 97.2 Å². The number of allylic oxidation sites excluding steroid dienone is 15. The lowest BCUT2D eigenvalue weighted by Crippen LogP contribution is -2.60. The van der Waals surface area contributed by atoms with Crippen LogP contribution >= 0.6 is 0 Å². The molecule has 534 valence electrons. The van der Waals surface area contributed by atoms with E-state index in [9.17, 15) is 30.3 Å². The molecule has 6 N–H and O–H groups in total. The molecule has 0 aromatic heterocycles. The van der Waals surface area contributed by atoms with E-state index in [1.54, 1.807) is 6.08 Å². The largest absolute Gasteiger partial charge is 0.394 e. The summed E-state index contributed by atoms with van der Waals surface area (Å²) in [7, 11) is 0. The highest BCUT2D eigenvalue weighted by atomic mass is 16.7. The summed E-state index contributed by atoms with van der Waals surface area (Å²) in [6.07, 6.45) is 96.9. The first kappa shape index (κ1) is 87.1. The van der Waals surface area contributed by atoms with E-state index in [1.165, 1.54) is 270 Å². The minimum atomic E-state index is -1.58. The van der Waals surface area contributed by atoms with Crippen LogP contribution in [0.3, 0.4) is 0 Å². The van der Waals surface area contributed by atoms with Gasteiger partial charge in [0.05, 0.1) is 25.4 Å². The second kappa shape index (κ2) is 70.9. The predicted molar refractivity (Wildman–Crippen MR) is 396 cm³/mol. The third-order valence-electron chi connectivity index (χ3n) is 18.4. The molecule has 0 saturated carbocycles. The zero-order chi connectivity index (χ0) is 66.4. The van der Waals surface area contributed by atoms with Crippen LogP contribution in [-0.4, -0.2) is 87.5 Å². The maximum atomic E-state index is 13.2. The van der Waals surface area contributed by atoms with Gasteiger partial charge >= 0.3 is 0 Å². The quantitative estimate of drug-likeness (QED) is 0.0261. The molecule has 9 nitrogen and oxygen atoms in total. The molecule has 92 heavy (non-hydrogen) atoms. The van der Waals surface area contributed by atoms with E-state index in [1.807, 2.05) is 6.08 Å². The smallest absolute Gasteiger partial charge is 0.220 e. The maximum absolute atomic E-state index is 13.2. The highest BCUT2D eigenvalue weighted by Crippen LogP contribution is 2.24. The monoisotopic (exact) mass is 1290 g/mol. The van der Waals surface area contributed by atoms with Gasteiger partial charge in [-0.15, -0.1) is 0 Å². The van der Waals surface area contributed by atoms with Crippen LogP contribution in [0.5, 0.6) is 0 Å². The van der Waals surface area contributed by atoms with Crippen LogP contribution in [-0.2, 0) is 14.3 Å². The average Bonchev–Trinajstić information content (AvgIpc) is 1.00. The summed E-state index contributed by atoms with van der Waals surface area (Å²) in [6.45, 7) is 3.69. The fraction of sp³-hybridized carbons (Fsp3) is 0.795. The van der Waals surface area contributed by atoms with Gasteiger partial charge in [-0.1, -0.05) is 374 Å². The number of hydrogen-bond acceptors (Lipinski definition) is 8. The molecule has 7 unspecified atom stereocenters. The molecule has 0 aromatic rings. The Morgan fingerprint density at radius 3 is 1.04 bits per heavy atom. The number of hydrogen-bond donors (Lipinski definition) is 6. The lowest BCUT2D eigenvalue weighted by molar-refractivity contribution is -0.302. The van der Waals surface area contributed by atoms with Gasteiger partial charge in [0.2, 0.25) is 5.91 Å². The van der Waals surface area contributed by atoms with Crippen molar-refractivity contribution in [3.63, 3.8) is 0 Å². The van der Waals surface area contributed by atoms with Crippen molar-refractivity contribution >= 4 is 5.91 Å². The molecular formula is C83H149NO8. The van der Waals surface area contributed by atoms with Crippen molar-refractivity contribution in [1.82, 2.24) is 5.32 Å². The number of aliphatic hydroxyl groups is 5. The first-order valence-electron chi connectivity index (χ1n) is 39.5. The van der Waals surface area contributed by atoms with Gasteiger partial charge in [0.25, 0.3) is 0 Å². The minimum Gasteiger partial charge on any atom is -0.394 e. The zero-order valence-electron chi connectivity index (χ0n) is 60.0. The van der Waals surface area contributed by atoms with Gasteiger partial charge in [0, 0.05) is 6.42 Å². The lowest BCUT2D eigenvalue weighted by atomic mass is 9.99. The Balaban J connectivity index is 2.10. The van der Waals surface area contributed by atoms with E-state index < -0.39 is 49.5 Å². The third kappa shape index (κ3) is 58.5. The van der Waals surface area contributed by atoms with E-state index in [0.717, 1.165) is 77.0 Å². The molecule has 1 rings (SSSR count). The highest BCUT2D eigenvalue weighted by molar-refractivity contribution is 5.76.